The van der Waals surface area contributed by atoms with E-state index in [1.807, 2.05) is 0 Å². The monoisotopic (exact) mass is 252 g/mol. The summed E-state index contributed by atoms with van der Waals surface area (Å²) in [5.41, 5.74) is -0.0482. The Labute approximate surface area is 105 Å². The molecule has 2 N–H and O–H groups in total. The Balaban J connectivity index is 2.36. The molecule has 0 aliphatic carbocycles. The van der Waals surface area contributed by atoms with Crippen LogP contribution in [0.2, 0.25) is 0 Å². The van der Waals surface area contributed by atoms with Gasteiger partial charge in [0.25, 0.3) is 0 Å². The number of phenols is 1. The Hall–Kier alpha value is -1.75. The first-order chi connectivity index (χ1) is 8.32. The number of aliphatic hydroxyl groups is 1. The lowest BCUT2D eigenvalue weighted by Crippen LogP contribution is -2.39. The first kappa shape index (κ1) is 12.7. The number of fused-ring (bicyclic) bond motifs is 1. The highest BCUT2D eigenvalue weighted by molar-refractivity contribution is 5.90. The quantitative estimate of drug-likeness (QED) is 0.775. The summed E-state index contributed by atoms with van der Waals surface area (Å²) >= 11 is 0. The molecule has 1 aromatic rings. The molecule has 5 nitrogen and oxygen atoms in total. The Morgan fingerprint density at radius 1 is 1.50 bits per heavy atom. The summed E-state index contributed by atoms with van der Waals surface area (Å²) in [6.07, 6.45) is 0.00308. The average molecular weight is 252 g/mol. The van der Waals surface area contributed by atoms with E-state index in [-0.39, 0.29) is 11.3 Å². The van der Waals surface area contributed by atoms with Crippen LogP contribution in [-0.2, 0) is 11.2 Å². The number of hydrogen-bond donors (Lipinski definition) is 2. The number of ether oxygens (including phenoxy) is 2. The minimum Gasteiger partial charge on any atom is -0.504 e. The van der Waals surface area contributed by atoms with Crippen LogP contribution in [0.3, 0.4) is 0 Å². The second kappa shape index (κ2) is 4.17. The van der Waals surface area contributed by atoms with E-state index in [1.54, 1.807) is 19.9 Å². The van der Waals surface area contributed by atoms with Crippen molar-refractivity contribution >= 4 is 5.97 Å². The Bertz CT molecular complexity index is 487. The van der Waals surface area contributed by atoms with Crippen molar-refractivity contribution in [3.63, 3.8) is 0 Å². The molecule has 0 bridgehead atoms. The molecule has 0 spiro atoms. The van der Waals surface area contributed by atoms with E-state index in [0.717, 1.165) is 0 Å². The topological polar surface area (TPSA) is 76.0 Å². The molecule has 1 aliphatic rings. The van der Waals surface area contributed by atoms with E-state index in [4.69, 9.17) is 4.74 Å². The molecule has 1 atom stereocenters. The molecule has 18 heavy (non-hydrogen) atoms. The molecule has 0 fully saturated rings. The van der Waals surface area contributed by atoms with Gasteiger partial charge in [0.15, 0.2) is 11.5 Å². The van der Waals surface area contributed by atoms with Crippen molar-refractivity contribution in [1.82, 2.24) is 0 Å². The van der Waals surface area contributed by atoms with Crippen molar-refractivity contribution < 1.29 is 24.5 Å². The van der Waals surface area contributed by atoms with Crippen LogP contribution in [0.5, 0.6) is 11.5 Å². The van der Waals surface area contributed by atoms with Crippen LogP contribution in [0.1, 0.15) is 29.8 Å². The predicted molar refractivity (Wildman–Crippen MR) is 63.9 cm³/mol. The molecule has 1 aromatic carbocycles. The SMILES string of the molecule is COC(=O)c1cc(O)c2c(c1)CC(C(C)(C)O)O2. The maximum Gasteiger partial charge on any atom is 0.337 e. The number of phenolic OH excluding ortho intramolecular Hbond substituents is 1. The highest BCUT2D eigenvalue weighted by atomic mass is 16.5. The fourth-order valence-electron chi connectivity index (χ4n) is 1.97. The van der Waals surface area contributed by atoms with Crippen LogP contribution in [0.15, 0.2) is 12.1 Å². The molecular formula is C13H16O5. The number of benzene rings is 1. The van der Waals surface area contributed by atoms with Crippen LogP contribution < -0.4 is 4.74 Å². The first-order valence-electron chi connectivity index (χ1n) is 5.66. The predicted octanol–water partition coefficient (Wildman–Crippen LogP) is 1.25. The van der Waals surface area contributed by atoms with Gasteiger partial charge in [-0.3, -0.25) is 0 Å². The summed E-state index contributed by atoms with van der Waals surface area (Å²) < 4.78 is 10.1. The maximum absolute atomic E-state index is 11.4. The molecule has 0 aromatic heterocycles. The van der Waals surface area contributed by atoms with E-state index >= 15 is 0 Å². The molecule has 1 heterocycles. The zero-order valence-corrected chi connectivity index (χ0v) is 10.6. The van der Waals surface area contributed by atoms with E-state index in [0.29, 0.717) is 17.7 Å². The summed E-state index contributed by atoms with van der Waals surface area (Å²) in [5, 5.41) is 19.7. The van der Waals surface area contributed by atoms with Gasteiger partial charge in [0.1, 0.15) is 6.10 Å². The molecule has 0 amide bonds. The lowest BCUT2D eigenvalue weighted by Gasteiger charge is -2.24. The molecule has 1 unspecified atom stereocenters. The van der Waals surface area contributed by atoms with Crippen LogP contribution >= 0.6 is 0 Å². The van der Waals surface area contributed by atoms with Gasteiger partial charge in [0, 0.05) is 12.0 Å². The fraction of sp³-hybridized carbons (Fsp3) is 0.462. The van der Waals surface area contributed by atoms with E-state index in [2.05, 4.69) is 4.74 Å². The van der Waals surface area contributed by atoms with Gasteiger partial charge in [0.2, 0.25) is 0 Å². The van der Waals surface area contributed by atoms with Crippen LogP contribution in [0.25, 0.3) is 0 Å². The van der Waals surface area contributed by atoms with E-state index in [9.17, 15) is 15.0 Å². The van der Waals surface area contributed by atoms with E-state index in [1.165, 1.54) is 13.2 Å². The first-order valence-corrected chi connectivity index (χ1v) is 5.66. The van der Waals surface area contributed by atoms with Crippen molar-refractivity contribution in [1.29, 1.82) is 0 Å². The number of aromatic hydroxyl groups is 1. The summed E-state index contributed by atoms with van der Waals surface area (Å²) in [4.78, 5) is 11.4. The second-order valence-electron chi connectivity index (χ2n) is 4.94. The zero-order valence-electron chi connectivity index (χ0n) is 10.6. The van der Waals surface area contributed by atoms with Gasteiger partial charge in [-0.05, 0) is 26.0 Å². The Morgan fingerprint density at radius 3 is 2.72 bits per heavy atom. The maximum atomic E-state index is 11.4. The van der Waals surface area contributed by atoms with Crippen LogP contribution in [0, 0.1) is 0 Å². The third kappa shape index (κ3) is 2.13. The second-order valence-corrected chi connectivity index (χ2v) is 4.94. The van der Waals surface area contributed by atoms with Gasteiger partial charge in [0.05, 0.1) is 18.3 Å². The van der Waals surface area contributed by atoms with Crippen molar-refractivity contribution in [3.8, 4) is 11.5 Å². The number of carbonyl (C=O) groups excluding carboxylic acids is 1. The summed E-state index contributed by atoms with van der Waals surface area (Å²) in [6.45, 7) is 3.28. The largest absolute Gasteiger partial charge is 0.504 e. The number of methoxy groups -OCH3 is 1. The third-order valence-electron chi connectivity index (χ3n) is 3.02. The van der Waals surface area contributed by atoms with Gasteiger partial charge >= 0.3 is 5.97 Å². The van der Waals surface area contributed by atoms with Crippen molar-refractivity contribution in [2.45, 2.75) is 32.0 Å². The van der Waals surface area contributed by atoms with Crippen LogP contribution in [-0.4, -0.2) is 35.0 Å². The molecule has 1 aliphatic heterocycles. The normalized spacial score (nSPS) is 18.1. The number of esters is 1. The van der Waals surface area contributed by atoms with E-state index < -0.39 is 17.7 Å². The third-order valence-corrected chi connectivity index (χ3v) is 3.02. The van der Waals surface area contributed by atoms with Crippen LogP contribution in [0.4, 0.5) is 0 Å². The van der Waals surface area contributed by atoms with Crippen molar-refractivity contribution in [2.75, 3.05) is 7.11 Å². The number of carbonyl (C=O) groups is 1. The molecule has 5 heteroatoms. The molecule has 0 radical (unpaired) electrons. The summed E-state index contributed by atoms with van der Waals surface area (Å²) in [6, 6.07) is 2.92. The minimum absolute atomic E-state index is 0.111. The summed E-state index contributed by atoms with van der Waals surface area (Å²) in [7, 11) is 1.28. The highest BCUT2D eigenvalue weighted by Gasteiger charge is 2.36. The zero-order chi connectivity index (χ0) is 13.5. The minimum atomic E-state index is -1.02. The number of hydrogen-bond acceptors (Lipinski definition) is 5. The Kier molecular flexibility index (Phi) is 2.94. The van der Waals surface area contributed by atoms with Gasteiger partial charge < -0.3 is 19.7 Å². The lowest BCUT2D eigenvalue weighted by molar-refractivity contribution is -0.0235. The Morgan fingerprint density at radius 2 is 2.17 bits per heavy atom. The summed E-state index contributed by atoms with van der Waals surface area (Å²) in [5.74, 6) is -0.297. The van der Waals surface area contributed by atoms with Crippen molar-refractivity contribution in [2.24, 2.45) is 0 Å². The lowest BCUT2D eigenvalue weighted by atomic mass is 9.96. The molecule has 0 saturated heterocycles. The van der Waals surface area contributed by atoms with Gasteiger partial charge in [-0.1, -0.05) is 0 Å². The fourth-order valence-corrected chi connectivity index (χ4v) is 1.97. The smallest absolute Gasteiger partial charge is 0.337 e. The molecule has 2 rings (SSSR count). The standard InChI is InChI=1S/C13H16O5/c1-13(2,16)10-6-7-4-8(12(15)17-3)5-9(14)11(7)18-10/h4-5,10,14,16H,6H2,1-3H3. The molecular weight excluding hydrogens is 236 g/mol. The van der Waals surface area contributed by atoms with Gasteiger partial charge in [-0.2, -0.15) is 0 Å². The van der Waals surface area contributed by atoms with Gasteiger partial charge in [-0.15, -0.1) is 0 Å². The average Bonchev–Trinajstić information content (AvgIpc) is 2.72. The van der Waals surface area contributed by atoms with Crippen molar-refractivity contribution in [3.05, 3.63) is 23.3 Å². The molecule has 0 saturated carbocycles. The highest BCUT2D eigenvalue weighted by Crippen LogP contribution is 2.40. The number of rotatable bonds is 2. The molecule has 98 valence electrons. The van der Waals surface area contributed by atoms with Gasteiger partial charge in [-0.25, -0.2) is 4.79 Å².